The first-order chi connectivity index (χ1) is 12.7. The molecule has 0 atom stereocenters. The average molecular weight is 351 g/mol. The van der Waals surface area contributed by atoms with Gasteiger partial charge in [-0.2, -0.15) is 0 Å². The lowest BCUT2D eigenvalue weighted by molar-refractivity contribution is 0.0553. The molecular formula is C21H25N3O2. The fourth-order valence-electron chi connectivity index (χ4n) is 4.83. The van der Waals surface area contributed by atoms with Crippen LogP contribution in [0.1, 0.15) is 47.4 Å². The summed E-state index contributed by atoms with van der Waals surface area (Å²) >= 11 is 0. The second kappa shape index (κ2) is 6.23. The maximum absolute atomic E-state index is 12.6. The van der Waals surface area contributed by atoms with Crippen molar-refractivity contribution in [1.82, 2.24) is 15.0 Å². The molecule has 5 rings (SSSR count). The summed E-state index contributed by atoms with van der Waals surface area (Å²) in [6.45, 7) is 5.01. The summed E-state index contributed by atoms with van der Waals surface area (Å²) in [5.74, 6) is 1.22. The lowest BCUT2D eigenvalue weighted by Gasteiger charge is -2.48. The van der Waals surface area contributed by atoms with Crippen molar-refractivity contribution in [2.75, 3.05) is 26.2 Å². The molecule has 136 valence electrons. The van der Waals surface area contributed by atoms with Crippen molar-refractivity contribution in [1.29, 1.82) is 0 Å². The SMILES string of the molecule is O=C(c1ccno1)N1CCC2(CC1)CN(CC1CC1)Cc1ccccc12. The number of carbonyl (C=O) groups is 1. The third-order valence-corrected chi connectivity index (χ3v) is 6.38. The van der Waals surface area contributed by atoms with Crippen LogP contribution in [0, 0.1) is 5.92 Å². The summed E-state index contributed by atoms with van der Waals surface area (Å²) in [5, 5.41) is 3.67. The van der Waals surface area contributed by atoms with Crippen LogP contribution in [-0.2, 0) is 12.0 Å². The Kier molecular flexibility index (Phi) is 3.85. The third kappa shape index (κ3) is 2.84. The Balaban J connectivity index is 1.37. The van der Waals surface area contributed by atoms with Gasteiger partial charge in [-0.3, -0.25) is 9.69 Å². The van der Waals surface area contributed by atoms with E-state index in [1.54, 1.807) is 6.07 Å². The van der Waals surface area contributed by atoms with Gasteiger partial charge in [0.1, 0.15) is 0 Å². The minimum absolute atomic E-state index is 0.0312. The van der Waals surface area contributed by atoms with Crippen molar-refractivity contribution in [3.8, 4) is 0 Å². The van der Waals surface area contributed by atoms with Crippen molar-refractivity contribution in [3.05, 3.63) is 53.4 Å². The standard InChI is InChI=1S/C21H25N3O2/c25-20(19-7-10-22-26-19)24-11-8-21(9-12-24)15-23(13-16-5-6-16)14-17-3-1-2-4-18(17)21/h1-4,7,10,16H,5-6,8-9,11-15H2. The van der Waals surface area contributed by atoms with Gasteiger partial charge in [-0.1, -0.05) is 29.4 Å². The van der Waals surface area contributed by atoms with Crippen LogP contribution < -0.4 is 0 Å². The van der Waals surface area contributed by atoms with Crippen LogP contribution in [0.25, 0.3) is 0 Å². The van der Waals surface area contributed by atoms with Gasteiger partial charge in [0.25, 0.3) is 5.91 Å². The summed E-state index contributed by atoms with van der Waals surface area (Å²) in [6, 6.07) is 10.6. The number of carbonyl (C=O) groups excluding carboxylic acids is 1. The van der Waals surface area contributed by atoms with Crippen molar-refractivity contribution < 1.29 is 9.32 Å². The molecule has 1 aliphatic carbocycles. The highest BCUT2D eigenvalue weighted by molar-refractivity contribution is 5.91. The van der Waals surface area contributed by atoms with Crippen LogP contribution >= 0.6 is 0 Å². The number of rotatable bonds is 3. The number of hydrogen-bond acceptors (Lipinski definition) is 4. The van der Waals surface area contributed by atoms with Crippen molar-refractivity contribution in [2.24, 2.45) is 5.92 Å². The molecule has 0 unspecified atom stereocenters. The number of hydrogen-bond donors (Lipinski definition) is 0. The molecule has 3 aliphatic rings. The Morgan fingerprint density at radius 1 is 1.19 bits per heavy atom. The highest BCUT2D eigenvalue weighted by atomic mass is 16.5. The zero-order valence-electron chi connectivity index (χ0n) is 15.1. The van der Waals surface area contributed by atoms with E-state index in [2.05, 4.69) is 34.3 Å². The normalized spacial score (nSPS) is 22.4. The summed E-state index contributed by atoms with van der Waals surface area (Å²) in [6.07, 6.45) is 6.36. The van der Waals surface area contributed by atoms with E-state index in [0.29, 0.717) is 5.76 Å². The first-order valence-electron chi connectivity index (χ1n) is 9.74. The van der Waals surface area contributed by atoms with E-state index in [-0.39, 0.29) is 11.3 Å². The molecule has 3 heterocycles. The van der Waals surface area contributed by atoms with Crippen LogP contribution in [0.2, 0.25) is 0 Å². The van der Waals surface area contributed by atoms with E-state index < -0.39 is 0 Å². The molecule has 1 spiro atoms. The van der Waals surface area contributed by atoms with Crippen LogP contribution in [-0.4, -0.2) is 47.0 Å². The fraction of sp³-hybridized carbons (Fsp3) is 0.524. The average Bonchev–Trinajstić information content (AvgIpc) is 3.31. The third-order valence-electron chi connectivity index (χ3n) is 6.38. The Hall–Kier alpha value is -2.14. The molecule has 0 radical (unpaired) electrons. The minimum atomic E-state index is -0.0312. The van der Waals surface area contributed by atoms with Gasteiger partial charge in [-0.25, -0.2) is 0 Å². The lowest BCUT2D eigenvalue weighted by Crippen LogP contribution is -2.53. The van der Waals surface area contributed by atoms with Gasteiger partial charge >= 0.3 is 0 Å². The van der Waals surface area contributed by atoms with E-state index in [0.717, 1.165) is 44.9 Å². The lowest BCUT2D eigenvalue weighted by atomic mass is 9.68. The van der Waals surface area contributed by atoms with Gasteiger partial charge in [0, 0.05) is 44.2 Å². The fourth-order valence-corrected chi connectivity index (χ4v) is 4.83. The molecule has 5 nitrogen and oxygen atoms in total. The largest absolute Gasteiger partial charge is 0.351 e. The van der Waals surface area contributed by atoms with Gasteiger partial charge in [0.2, 0.25) is 5.76 Å². The Bertz CT molecular complexity index is 789. The zero-order chi connectivity index (χ0) is 17.6. The van der Waals surface area contributed by atoms with Gasteiger partial charge in [-0.05, 0) is 42.7 Å². The molecule has 1 aromatic carbocycles. The van der Waals surface area contributed by atoms with Gasteiger partial charge in [0.15, 0.2) is 0 Å². The highest BCUT2D eigenvalue weighted by Gasteiger charge is 2.43. The van der Waals surface area contributed by atoms with Crippen molar-refractivity contribution >= 4 is 5.91 Å². The number of piperidine rings is 1. The Labute approximate surface area is 153 Å². The van der Waals surface area contributed by atoms with E-state index in [1.807, 2.05) is 4.90 Å². The molecule has 1 saturated heterocycles. The maximum Gasteiger partial charge on any atom is 0.292 e. The predicted octanol–water partition coefficient (Wildman–Crippen LogP) is 3.07. The minimum Gasteiger partial charge on any atom is -0.351 e. The number of benzene rings is 1. The summed E-state index contributed by atoms with van der Waals surface area (Å²) < 4.78 is 5.06. The van der Waals surface area contributed by atoms with E-state index >= 15 is 0 Å². The number of amides is 1. The van der Waals surface area contributed by atoms with Crippen molar-refractivity contribution in [3.63, 3.8) is 0 Å². The highest BCUT2D eigenvalue weighted by Crippen LogP contribution is 2.43. The summed E-state index contributed by atoms with van der Waals surface area (Å²) in [7, 11) is 0. The molecule has 1 saturated carbocycles. The molecule has 1 aromatic heterocycles. The van der Waals surface area contributed by atoms with E-state index in [1.165, 1.54) is 36.7 Å². The first-order valence-corrected chi connectivity index (χ1v) is 9.74. The molecule has 0 bridgehead atoms. The molecule has 26 heavy (non-hydrogen) atoms. The van der Waals surface area contributed by atoms with Gasteiger partial charge < -0.3 is 9.42 Å². The van der Waals surface area contributed by atoms with Crippen LogP contribution in [0.5, 0.6) is 0 Å². The molecule has 2 aromatic rings. The number of likely N-dealkylation sites (tertiary alicyclic amines) is 1. The molecule has 0 N–H and O–H groups in total. The molecular weight excluding hydrogens is 326 g/mol. The molecule has 5 heteroatoms. The smallest absolute Gasteiger partial charge is 0.292 e. The number of fused-ring (bicyclic) bond motifs is 2. The van der Waals surface area contributed by atoms with E-state index in [9.17, 15) is 4.79 Å². The Morgan fingerprint density at radius 3 is 2.73 bits per heavy atom. The molecule has 2 fully saturated rings. The Morgan fingerprint density at radius 2 is 2.00 bits per heavy atom. The quantitative estimate of drug-likeness (QED) is 0.853. The first kappa shape index (κ1) is 16.1. The maximum atomic E-state index is 12.6. The van der Waals surface area contributed by atoms with Crippen molar-refractivity contribution in [2.45, 2.75) is 37.6 Å². The van der Waals surface area contributed by atoms with Crippen LogP contribution in [0.3, 0.4) is 0 Å². The monoisotopic (exact) mass is 351 g/mol. The second-order valence-corrected chi connectivity index (χ2v) is 8.22. The predicted molar refractivity (Wildman–Crippen MR) is 97.8 cm³/mol. The van der Waals surface area contributed by atoms with Gasteiger partial charge in [0.05, 0.1) is 6.20 Å². The molecule has 1 amide bonds. The summed E-state index contributed by atoms with van der Waals surface area (Å²) in [4.78, 5) is 17.2. The van der Waals surface area contributed by atoms with Crippen LogP contribution in [0.15, 0.2) is 41.1 Å². The number of aromatic nitrogens is 1. The summed E-state index contributed by atoms with van der Waals surface area (Å²) in [5.41, 5.74) is 3.18. The zero-order valence-corrected chi connectivity index (χ0v) is 15.1. The van der Waals surface area contributed by atoms with E-state index in [4.69, 9.17) is 4.52 Å². The van der Waals surface area contributed by atoms with Crippen LogP contribution in [0.4, 0.5) is 0 Å². The molecule has 2 aliphatic heterocycles. The number of nitrogens with zero attached hydrogens (tertiary/aromatic N) is 3. The second-order valence-electron chi connectivity index (χ2n) is 8.22. The van der Waals surface area contributed by atoms with Gasteiger partial charge in [-0.15, -0.1) is 0 Å². The topological polar surface area (TPSA) is 49.6 Å².